The molecule has 4 nitrogen and oxygen atoms in total. The average molecular weight is 304 g/mol. The molecule has 0 spiro atoms. The zero-order valence-corrected chi connectivity index (χ0v) is 14.0. The quantitative estimate of drug-likeness (QED) is 0.810. The van der Waals surface area contributed by atoms with Crippen molar-refractivity contribution in [3.05, 3.63) is 29.8 Å². The lowest BCUT2D eigenvalue weighted by Crippen LogP contribution is -2.38. The highest BCUT2D eigenvalue weighted by Crippen LogP contribution is 2.17. The van der Waals surface area contributed by atoms with Crippen molar-refractivity contribution >= 4 is 5.91 Å². The zero-order valence-electron chi connectivity index (χ0n) is 14.0. The van der Waals surface area contributed by atoms with Gasteiger partial charge in [-0.25, -0.2) is 0 Å². The SMILES string of the molecule is CCCN1CCN(C(C)Cc2cccc(OC)c2)CCC1=O. The molecule has 0 bridgehead atoms. The van der Waals surface area contributed by atoms with Crippen LogP contribution < -0.4 is 4.74 Å². The van der Waals surface area contributed by atoms with Gasteiger partial charge in [0.15, 0.2) is 0 Å². The maximum Gasteiger partial charge on any atom is 0.223 e. The second-order valence-electron chi connectivity index (χ2n) is 6.07. The van der Waals surface area contributed by atoms with Gasteiger partial charge in [-0.15, -0.1) is 0 Å². The lowest BCUT2D eigenvalue weighted by atomic mass is 10.1. The van der Waals surface area contributed by atoms with E-state index in [0.29, 0.717) is 18.4 Å². The van der Waals surface area contributed by atoms with Crippen LogP contribution in [0, 0.1) is 0 Å². The van der Waals surface area contributed by atoms with E-state index in [1.165, 1.54) is 5.56 Å². The van der Waals surface area contributed by atoms with E-state index in [2.05, 4.69) is 30.9 Å². The van der Waals surface area contributed by atoms with E-state index in [9.17, 15) is 4.79 Å². The predicted molar refractivity (Wildman–Crippen MR) is 89.2 cm³/mol. The molecule has 0 saturated carbocycles. The Morgan fingerprint density at radius 1 is 1.27 bits per heavy atom. The van der Waals surface area contributed by atoms with Crippen molar-refractivity contribution in [1.82, 2.24) is 9.80 Å². The first-order chi connectivity index (χ1) is 10.6. The minimum atomic E-state index is 0.304. The Morgan fingerprint density at radius 3 is 2.82 bits per heavy atom. The van der Waals surface area contributed by atoms with Crippen LogP contribution >= 0.6 is 0 Å². The molecule has 0 radical (unpaired) electrons. The van der Waals surface area contributed by atoms with Gasteiger partial charge in [0.25, 0.3) is 0 Å². The van der Waals surface area contributed by atoms with Crippen molar-refractivity contribution in [3.63, 3.8) is 0 Å². The van der Waals surface area contributed by atoms with Gasteiger partial charge in [0.2, 0.25) is 5.91 Å². The number of amides is 1. The zero-order chi connectivity index (χ0) is 15.9. The van der Waals surface area contributed by atoms with Gasteiger partial charge < -0.3 is 9.64 Å². The molecule has 0 N–H and O–H groups in total. The summed E-state index contributed by atoms with van der Waals surface area (Å²) in [5, 5.41) is 0. The van der Waals surface area contributed by atoms with Crippen LogP contribution in [0.1, 0.15) is 32.3 Å². The van der Waals surface area contributed by atoms with Crippen LogP contribution in [0.25, 0.3) is 0 Å². The van der Waals surface area contributed by atoms with Crippen molar-refractivity contribution in [2.75, 3.05) is 33.3 Å². The summed E-state index contributed by atoms with van der Waals surface area (Å²) in [6.07, 6.45) is 2.66. The number of carbonyl (C=O) groups is 1. The molecule has 122 valence electrons. The molecule has 22 heavy (non-hydrogen) atoms. The summed E-state index contributed by atoms with van der Waals surface area (Å²) in [7, 11) is 1.70. The van der Waals surface area contributed by atoms with Crippen molar-refractivity contribution in [2.45, 2.75) is 39.2 Å². The minimum absolute atomic E-state index is 0.304. The molecule has 1 unspecified atom stereocenters. The topological polar surface area (TPSA) is 32.8 Å². The summed E-state index contributed by atoms with van der Waals surface area (Å²) in [6, 6.07) is 8.69. The average Bonchev–Trinajstić information content (AvgIpc) is 2.70. The van der Waals surface area contributed by atoms with Crippen LogP contribution in [-0.2, 0) is 11.2 Å². The van der Waals surface area contributed by atoms with Gasteiger partial charge in [0.1, 0.15) is 5.75 Å². The third kappa shape index (κ3) is 4.47. The molecule has 0 aromatic heterocycles. The van der Waals surface area contributed by atoms with E-state index >= 15 is 0 Å². The number of hydrogen-bond donors (Lipinski definition) is 0. The number of ether oxygens (including phenoxy) is 1. The fourth-order valence-corrected chi connectivity index (χ4v) is 3.10. The Balaban J connectivity index is 1.94. The van der Waals surface area contributed by atoms with E-state index in [-0.39, 0.29) is 0 Å². The highest BCUT2D eigenvalue weighted by Gasteiger charge is 2.23. The van der Waals surface area contributed by atoms with Crippen LogP contribution in [0.15, 0.2) is 24.3 Å². The smallest absolute Gasteiger partial charge is 0.223 e. The van der Waals surface area contributed by atoms with Gasteiger partial charge in [0, 0.05) is 38.6 Å². The molecule has 1 aromatic rings. The normalized spacial score (nSPS) is 18.1. The van der Waals surface area contributed by atoms with Crippen molar-refractivity contribution in [2.24, 2.45) is 0 Å². The van der Waals surface area contributed by atoms with Crippen molar-refractivity contribution in [1.29, 1.82) is 0 Å². The highest BCUT2D eigenvalue weighted by atomic mass is 16.5. The molecule has 0 aliphatic carbocycles. The molecule has 2 rings (SSSR count). The number of carbonyl (C=O) groups excluding carboxylic acids is 1. The maximum atomic E-state index is 12.1. The number of benzene rings is 1. The molecule has 1 heterocycles. The Labute approximate surface area is 134 Å². The monoisotopic (exact) mass is 304 g/mol. The molecule has 4 heteroatoms. The molecule has 1 amide bonds. The van der Waals surface area contributed by atoms with E-state index in [1.807, 2.05) is 17.0 Å². The molecule has 1 saturated heterocycles. The van der Waals surface area contributed by atoms with Gasteiger partial charge in [0.05, 0.1) is 7.11 Å². The molecule has 1 aromatic carbocycles. The van der Waals surface area contributed by atoms with Gasteiger partial charge in [-0.1, -0.05) is 19.1 Å². The molecular weight excluding hydrogens is 276 g/mol. The minimum Gasteiger partial charge on any atom is -0.497 e. The summed E-state index contributed by atoms with van der Waals surface area (Å²) in [4.78, 5) is 16.5. The van der Waals surface area contributed by atoms with E-state index in [0.717, 1.165) is 44.8 Å². The Morgan fingerprint density at radius 2 is 2.09 bits per heavy atom. The largest absolute Gasteiger partial charge is 0.497 e. The Bertz CT molecular complexity index is 490. The van der Waals surface area contributed by atoms with Crippen LogP contribution in [0.5, 0.6) is 5.75 Å². The molecule has 1 aliphatic rings. The first kappa shape index (κ1) is 16.8. The first-order valence-corrected chi connectivity index (χ1v) is 8.28. The summed E-state index contributed by atoms with van der Waals surface area (Å²) in [5.41, 5.74) is 1.29. The summed E-state index contributed by atoms with van der Waals surface area (Å²) < 4.78 is 5.29. The summed E-state index contributed by atoms with van der Waals surface area (Å²) >= 11 is 0. The number of nitrogens with zero attached hydrogens (tertiary/aromatic N) is 2. The van der Waals surface area contributed by atoms with Crippen LogP contribution in [0.4, 0.5) is 0 Å². The Kier molecular flexibility index (Phi) is 6.25. The van der Waals surface area contributed by atoms with Gasteiger partial charge in [-0.3, -0.25) is 9.69 Å². The van der Waals surface area contributed by atoms with Gasteiger partial charge in [-0.05, 0) is 37.5 Å². The maximum absolute atomic E-state index is 12.1. The number of rotatable bonds is 6. The summed E-state index contributed by atoms with van der Waals surface area (Å²) in [6.45, 7) is 7.95. The van der Waals surface area contributed by atoms with Crippen molar-refractivity contribution < 1.29 is 9.53 Å². The molecule has 1 fully saturated rings. The fourth-order valence-electron chi connectivity index (χ4n) is 3.10. The van der Waals surface area contributed by atoms with E-state index in [1.54, 1.807) is 7.11 Å². The molecule has 1 aliphatic heterocycles. The van der Waals surface area contributed by atoms with E-state index < -0.39 is 0 Å². The summed E-state index contributed by atoms with van der Waals surface area (Å²) in [5.74, 6) is 1.21. The fraction of sp³-hybridized carbons (Fsp3) is 0.611. The van der Waals surface area contributed by atoms with Crippen LogP contribution in [0.3, 0.4) is 0 Å². The van der Waals surface area contributed by atoms with Crippen LogP contribution in [-0.4, -0.2) is 55.0 Å². The Hall–Kier alpha value is -1.55. The highest BCUT2D eigenvalue weighted by molar-refractivity contribution is 5.76. The predicted octanol–water partition coefficient (Wildman–Crippen LogP) is 2.57. The van der Waals surface area contributed by atoms with Crippen molar-refractivity contribution in [3.8, 4) is 5.75 Å². The lowest BCUT2D eigenvalue weighted by Gasteiger charge is -2.28. The second kappa shape index (κ2) is 8.18. The number of methoxy groups -OCH3 is 1. The van der Waals surface area contributed by atoms with Gasteiger partial charge >= 0.3 is 0 Å². The first-order valence-electron chi connectivity index (χ1n) is 8.28. The molecule has 1 atom stereocenters. The lowest BCUT2D eigenvalue weighted by molar-refractivity contribution is -0.130. The second-order valence-corrected chi connectivity index (χ2v) is 6.07. The number of hydrogen-bond acceptors (Lipinski definition) is 3. The van der Waals surface area contributed by atoms with E-state index in [4.69, 9.17) is 4.74 Å². The van der Waals surface area contributed by atoms with Gasteiger partial charge in [-0.2, -0.15) is 0 Å². The third-order valence-electron chi connectivity index (χ3n) is 4.40. The van der Waals surface area contributed by atoms with Crippen LogP contribution in [0.2, 0.25) is 0 Å². The molecular formula is C18H28N2O2. The standard InChI is InChI=1S/C18H28N2O2/c1-4-9-20-12-11-19(10-8-18(20)21)15(2)13-16-6-5-7-17(14-16)22-3/h5-7,14-15H,4,8-13H2,1-3H3. The third-order valence-corrected chi connectivity index (χ3v) is 4.40.